The van der Waals surface area contributed by atoms with Crippen LogP contribution in [0.5, 0.6) is 11.5 Å². The predicted molar refractivity (Wildman–Crippen MR) is 112 cm³/mol. The molecule has 1 aliphatic rings. The van der Waals surface area contributed by atoms with Gasteiger partial charge in [-0.1, -0.05) is 36.1 Å². The van der Waals surface area contributed by atoms with Gasteiger partial charge in [0.2, 0.25) is 0 Å². The number of methoxy groups -OCH3 is 1. The minimum absolute atomic E-state index is 0.109. The summed E-state index contributed by atoms with van der Waals surface area (Å²) in [6, 6.07) is 9.33. The van der Waals surface area contributed by atoms with Crippen molar-refractivity contribution in [3.8, 4) is 11.5 Å². The van der Waals surface area contributed by atoms with Gasteiger partial charge in [-0.2, -0.15) is 0 Å². The van der Waals surface area contributed by atoms with Crippen molar-refractivity contribution >= 4 is 40.3 Å². The van der Waals surface area contributed by atoms with E-state index < -0.39 is 0 Å². The van der Waals surface area contributed by atoms with Gasteiger partial charge in [0.25, 0.3) is 5.91 Å². The summed E-state index contributed by atoms with van der Waals surface area (Å²) in [5.41, 5.74) is 1.85. The number of hydrogen-bond acceptors (Lipinski definition) is 6. The molecule has 0 N–H and O–H groups in total. The van der Waals surface area contributed by atoms with Crippen LogP contribution < -0.4 is 9.47 Å². The molecule has 1 saturated heterocycles. The Balaban J connectivity index is 1.77. The third kappa shape index (κ3) is 4.56. The van der Waals surface area contributed by atoms with Crippen LogP contribution >= 0.6 is 24.0 Å². The smallest absolute Gasteiger partial charge is 0.266 e. The van der Waals surface area contributed by atoms with Crippen LogP contribution in [0.15, 0.2) is 60.3 Å². The molecule has 2 heterocycles. The van der Waals surface area contributed by atoms with Gasteiger partial charge in [0, 0.05) is 18.9 Å². The first-order chi connectivity index (χ1) is 13.1. The number of carbonyl (C=O) groups is 1. The average molecular weight is 399 g/mol. The molecule has 5 nitrogen and oxygen atoms in total. The van der Waals surface area contributed by atoms with Crippen molar-refractivity contribution in [2.24, 2.45) is 0 Å². The zero-order valence-electron chi connectivity index (χ0n) is 14.8. The van der Waals surface area contributed by atoms with Gasteiger partial charge >= 0.3 is 0 Å². The molecule has 0 bridgehead atoms. The van der Waals surface area contributed by atoms with Crippen LogP contribution in [0.1, 0.15) is 11.1 Å². The SMILES string of the molecule is C=CCN1C(=O)/C(=C/c2ccc(OCc3ccncc3)c(OC)c2)SC1=S. The number of amides is 1. The Morgan fingerprint density at radius 3 is 2.74 bits per heavy atom. The number of hydrogen-bond donors (Lipinski definition) is 0. The van der Waals surface area contributed by atoms with Gasteiger partial charge in [0.05, 0.1) is 12.0 Å². The molecule has 0 saturated carbocycles. The molecule has 1 aromatic carbocycles. The van der Waals surface area contributed by atoms with Gasteiger partial charge < -0.3 is 9.47 Å². The highest BCUT2D eigenvalue weighted by atomic mass is 32.2. The fourth-order valence-electron chi connectivity index (χ4n) is 2.47. The molecule has 1 aliphatic heterocycles. The second-order valence-corrected chi connectivity index (χ2v) is 7.31. The Hall–Kier alpha value is -2.64. The molecular formula is C20H18N2O3S2. The number of nitrogens with zero attached hydrogens (tertiary/aromatic N) is 2. The van der Waals surface area contributed by atoms with Crippen molar-refractivity contribution in [3.63, 3.8) is 0 Å². The van der Waals surface area contributed by atoms with Crippen LogP contribution in [-0.2, 0) is 11.4 Å². The number of thiocarbonyl (C=S) groups is 1. The van der Waals surface area contributed by atoms with Crippen LogP contribution in [0, 0.1) is 0 Å². The maximum absolute atomic E-state index is 12.4. The lowest BCUT2D eigenvalue weighted by molar-refractivity contribution is -0.121. The van der Waals surface area contributed by atoms with Crippen LogP contribution in [0.3, 0.4) is 0 Å². The summed E-state index contributed by atoms with van der Waals surface area (Å²) >= 11 is 6.54. The lowest BCUT2D eigenvalue weighted by atomic mass is 10.2. The van der Waals surface area contributed by atoms with Gasteiger partial charge in [0.15, 0.2) is 11.5 Å². The maximum atomic E-state index is 12.4. The van der Waals surface area contributed by atoms with Gasteiger partial charge in [-0.3, -0.25) is 14.7 Å². The molecule has 27 heavy (non-hydrogen) atoms. The summed E-state index contributed by atoms with van der Waals surface area (Å²) in [5.74, 6) is 1.12. The topological polar surface area (TPSA) is 51.7 Å². The van der Waals surface area contributed by atoms with Crippen molar-refractivity contribution in [3.05, 3.63) is 71.4 Å². The van der Waals surface area contributed by atoms with Crippen molar-refractivity contribution in [2.75, 3.05) is 13.7 Å². The fourth-order valence-corrected chi connectivity index (χ4v) is 3.75. The highest BCUT2D eigenvalue weighted by molar-refractivity contribution is 8.26. The summed E-state index contributed by atoms with van der Waals surface area (Å²) in [5, 5.41) is 0. The zero-order valence-corrected chi connectivity index (χ0v) is 16.4. The van der Waals surface area contributed by atoms with E-state index in [4.69, 9.17) is 21.7 Å². The van der Waals surface area contributed by atoms with Crippen LogP contribution in [0.2, 0.25) is 0 Å². The van der Waals surface area contributed by atoms with Gasteiger partial charge in [-0.15, -0.1) is 6.58 Å². The fraction of sp³-hybridized carbons (Fsp3) is 0.150. The number of carbonyl (C=O) groups excluding carboxylic acids is 1. The minimum atomic E-state index is -0.109. The van der Waals surface area contributed by atoms with E-state index in [1.54, 1.807) is 31.7 Å². The Kier molecular flexibility index (Phi) is 6.26. The van der Waals surface area contributed by atoms with E-state index in [9.17, 15) is 4.79 Å². The van der Waals surface area contributed by atoms with Gasteiger partial charge in [-0.05, 0) is 41.5 Å². The molecule has 0 radical (unpaired) electrons. The molecule has 138 valence electrons. The third-order valence-corrected chi connectivity index (χ3v) is 5.19. The van der Waals surface area contributed by atoms with Crippen molar-refractivity contribution in [1.29, 1.82) is 0 Å². The normalized spacial score (nSPS) is 15.3. The lowest BCUT2D eigenvalue weighted by Crippen LogP contribution is -2.27. The molecule has 0 aliphatic carbocycles. The second-order valence-electron chi connectivity index (χ2n) is 5.64. The second kappa shape index (κ2) is 8.83. The van der Waals surface area contributed by atoms with Crippen LogP contribution in [0.25, 0.3) is 6.08 Å². The van der Waals surface area contributed by atoms with E-state index in [1.807, 2.05) is 30.3 Å². The molecule has 7 heteroatoms. The number of aromatic nitrogens is 1. The number of benzene rings is 1. The number of rotatable bonds is 7. The Labute approximate surface area is 167 Å². The summed E-state index contributed by atoms with van der Waals surface area (Å²) in [6.45, 7) is 4.48. The van der Waals surface area contributed by atoms with E-state index in [0.717, 1.165) is 11.1 Å². The molecule has 1 fully saturated rings. The first-order valence-corrected chi connectivity index (χ1v) is 9.41. The molecule has 0 unspecified atom stereocenters. The Morgan fingerprint density at radius 2 is 2.04 bits per heavy atom. The van der Waals surface area contributed by atoms with E-state index in [0.29, 0.717) is 33.9 Å². The van der Waals surface area contributed by atoms with Crippen molar-refractivity contribution in [2.45, 2.75) is 6.61 Å². The average Bonchev–Trinajstić information content (AvgIpc) is 2.95. The van der Waals surface area contributed by atoms with Crippen molar-refractivity contribution in [1.82, 2.24) is 9.88 Å². The van der Waals surface area contributed by atoms with E-state index in [2.05, 4.69) is 11.6 Å². The first kappa shape index (κ1) is 19.1. The highest BCUT2D eigenvalue weighted by Gasteiger charge is 2.30. The van der Waals surface area contributed by atoms with Crippen LogP contribution in [-0.4, -0.2) is 33.8 Å². The Bertz CT molecular complexity index is 897. The molecular weight excluding hydrogens is 380 g/mol. The maximum Gasteiger partial charge on any atom is 0.266 e. The number of ether oxygens (including phenoxy) is 2. The van der Waals surface area contributed by atoms with E-state index in [1.165, 1.54) is 16.7 Å². The first-order valence-electron chi connectivity index (χ1n) is 8.18. The van der Waals surface area contributed by atoms with Gasteiger partial charge in [-0.25, -0.2) is 0 Å². The summed E-state index contributed by atoms with van der Waals surface area (Å²) in [6.07, 6.45) is 6.91. The standard InChI is InChI=1S/C20H18N2O3S2/c1-3-10-22-19(23)18(27-20(22)26)12-15-4-5-16(17(11-15)24-2)25-13-14-6-8-21-9-7-14/h3-9,11-12H,1,10,13H2,2H3/b18-12-. The zero-order chi connectivity index (χ0) is 19.2. The summed E-state index contributed by atoms with van der Waals surface area (Å²) in [7, 11) is 1.59. The van der Waals surface area contributed by atoms with Gasteiger partial charge in [0.1, 0.15) is 10.9 Å². The molecule has 0 spiro atoms. The molecule has 3 rings (SSSR count). The monoisotopic (exact) mass is 398 g/mol. The van der Waals surface area contributed by atoms with Crippen molar-refractivity contribution < 1.29 is 14.3 Å². The summed E-state index contributed by atoms with van der Waals surface area (Å²) in [4.78, 5) is 18.5. The largest absolute Gasteiger partial charge is 0.493 e. The Morgan fingerprint density at radius 1 is 1.26 bits per heavy atom. The molecule has 2 aromatic rings. The molecule has 1 amide bonds. The van der Waals surface area contributed by atoms with Crippen LogP contribution in [0.4, 0.5) is 0 Å². The molecule has 1 aromatic heterocycles. The number of pyridine rings is 1. The molecule has 0 atom stereocenters. The quantitative estimate of drug-likeness (QED) is 0.398. The lowest BCUT2D eigenvalue weighted by Gasteiger charge is -2.12. The minimum Gasteiger partial charge on any atom is -0.493 e. The third-order valence-electron chi connectivity index (χ3n) is 3.81. The van der Waals surface area contributed by atoms with E-state index in [-0.39, 0.29) is 5.91 Å². The van der Waals surface area contributed by atoms with E-state index >= 15 is 0 Å². The number of thioether (sulfide) groups is 1. The highest BCUT2D eigenvalue weighted by Crippen LogP contribution is 2.34. The summed E-state index contributed by atoms with van der Waals surface area (Å²) < 4.78 is 11.8. The predicted octanol–water partition coefficient (Wildman–Crippen LogP) is 4.06.